The van der Waals surface area contributed by atoms with Crippen LogP contribution in [0, 0.1) is 5.92 Å². The van der Waals surface area contributed by atoms with E-state index in [1.165, 1.54) is 5.56 Å². The molecule has 3 heterocycles. The summed E-state index contributed by atoms with van der Waals surface area (Å²) >= 11 is 6.00. The SMILES string of the molecule is OCC1CCCN(c2nc(-c3ccc(Cl)cc3)nc3c2CNC3)C1. The molecule has 4 rings (SSSR count). The van der Waals surface area contributed by atoms with Gasteiger partial charge in [-0.1, -0.05) is 11.6 Å². The van der Waals surface area contributed by atoms with Crippen molar-refractivity contribution in [2.45, 2.75) is 25.9 Å². The van der Waals surface area contributed by atoms with Gasteiger partial charge in [-0.2, -0.15) is 0 Å². The average molecular weight is 345 g/mol. The second kappa shape index (κ2) is 6.67. The maximum absolute atomic E-state index is 9.52. The summed E-state index contributed by atoms with van der Waals surface area (Å²) in [7, 11) is 0. The summed E-state index contributed by atoms with van der Waals surface area (Å²) in [6.45, 7) is 3.68. The maximum Gasteiger partial charge on any atom is 0.161 e. The Morgan fingerprint density at radius 2 is 2.04 bits per heavy atom. The minimum atomic E-state index is 0.242. The first-order valence-corrected chi connectivity index (χ1v) is 8.84. The van der Waals surface area contributed by atoms with E-state index >= 15 is 0 Å². The summed E-state index contributed by atoms with van der Waals surface area (Å²) < 4.78 is 0. The van der Waals surface area contributed by atoms with E-state index in [1.807, 2.05) is 24.3 Å². The molecule has 0 radical (unpaired) electrons. The van der Waals surface area contributed by atoms with E-state index in [4.69, 9.17) is 21.6 Å². The Bertz CT molecular complexity index is 735. The molecule has 2 aliphatic rings. The number of nitrogens with zero attached hydrogens (tertiary/aromatic N) is 3. The van der Waals surface area contributed by atoms with Crippen LogP contribution in [0.15, 0.2) is 24.3 Å². The second-order valence-electron chi connectivity index (χ2n) is 6.54. The number of aromatic nitrogens is 2. The Morgan fingerprint density at radius 3 is 2.83 bits per heavy atom. The van der Waals surface area contributed by atoms with Crippen LogP contribution in [0.2, 0.25) is 5.02 Å². The van der Waals surface area contributed by atoms with Crippen LogP contribution in [0.3, 0.4) is 0 Å². The first-order chi connectivity index (χ1) is 11.7. The minimum absolute atomic E-state index is 0.242. The molecule has 1 fully saturated rings. The lowest BCUT2D eigenvalue weighted by Gasteiger charge is -2.34. The standard InChI is InChI=1S/C18H21ClN4O/c19-14-5-3-13(4-6-14)17-21-16-9-20-8-15(16)18(22-17)23-7-1-2-12(10-23)11-24/h3-6,12,20,24H,1-2,7-11H2. The quantitative estimate of drug-likeness (QED) is 0.896. The number of fused-ring (bicyclic) bond motifs is 1. The summed E-state index contributed by atoms with van der Waals surface area (Å²) in [5, 5.41) is 13.6. The van der Waals surface area contributed by atoms with Crippen LogP contribution in [0.4, 0.5) is 5.82 Å². The third kappa shape index (κ3) is 2.99. The van der Waals surface area contributed by atoms with Crippen molar-refractivity contribution < 1.29 is 5.11 Å². The fraction of sp³-hybridized carbons (Fsp3) is 0.444. The monoisotopic (exact) mass is 344 g/mol. The lowest BCUT2D eigenvalue weighted by atomic mass is 9.98. The van der Waals surface area contributed by atoms with Crippen LogP contribution in [0.1, 0.15) is 24.1 Å². The number of benzene rings is 1. The molecule has 0 saturated carbocycles. The maximum atomic E-state index is 9.52. The van der Waals surface area contributed by atoms with Crippen molar-refractivity contribution in [3.63, 3.8) is 0 Å². The van der Waals surface area contributed by atoms with Gasteiger partial charge in [0.25, 0.3) is 0 Å². The molecule has 1 aromatic carbocycles. The summed E-state index contributed by atoms with van der Waals surface area (Å²) in [5.41, 5.74) is 3.26. The Kier molecular flexibility index (Phi) is 4.39. The Morgan fingerprint density at radius 1 is 1.21 bits per heavy atom. The van der Waals surface area contributed by atoms with Crippen molar-refractivity contribution in [3.8, 4) is 11.4 Å². The number of hydrogen-bond donors (Lipinski definition) is 2. The highest BCUT2D eigenvalue weighted by Gasteiger charge is 2.27. The Balaban J connectivity index is 1.74. The molecule has 1 saturated heterocycles. The number of rotatable bonds is 3. The molecule has 0 bridgehead atoms. The van der Waals surface area contributed by atoms with Crippen molar-refractivity contribution in [2.24, 2.45) is 5.92 Å². The first kappa shape index (κ1) is 15.8. The van der Waals surface area contributed by atoms with Gasteiger partial charge in [-0.3, -0.25) is 0 Å². The molecular weight excluding hydrogens is 324 g/mol. The van der Waals surface area contributed by atoms with Gasteiger partial charge in [0.05, 0.1) is 5.69 Å². The van der Waals surface area contributed by atoms with Crippen molar-refractivity contribution in [1.29, 1.82) is 0 Å². The number of aliphatic hydroxyl groups excluding tert-OH is 1. The molecule has 0 aliphatic carbocycles. The highest BCUT2D eigenvalue weighted by Crippen LogP contribution is 2.31. The van der Waals surface area contributed by atoms with Crippen LogP contribution in [0.5, 0.6) is 0 Å². The molecule has 0 spiro atoms. The van der Waals surface area contributed by atoms with Crippen molar-refractivity contribution in [1.82, 2.24) is 15.3 Å². The van der Waals surface area contributed by atoms with Crippen LogP contribution in [-0.2, 0) is 13.1 Å². The van der Waals surface area contributed by atoms with Gasteiger partial charge in [-0.15, -0.1) is 0 Å². The number of anilines is 1. The van der Waals surface area contributed by atoms with Gasteiger partial charge in [0.15, 0.2) is 5.82 Å². The average Bonchev–Trinajstić information content (AvgIpc) is 3.10. The number of aliphatic hydroxyl groups is 1. The van der Waals surface area contributed by atoms with E-state index in [0.29, 0.717) is 10.9 Å². The van der Waals surface area contributed by atoms with Crippen LogP contribution in [-0.4, -0.2) is 34.8 Å². The van der Waals surface area contributed by atoms with Crippen molar-refractivity contribution in [3.05, 3.63) is 40.5 Å². The topological polar surface area (TPSA) is 61.3 Å². The molecule has 1 atom stereocenters. The normalized spacial score (nSPS) is 20.2. The zero-order valence-electron chi connectivity index (χ0n) is 13.5. The van der Waals surface area contributed by atoms with Gasteiger partial charge in [0, 0.05) is 48.9 Å². The summed E-state index contributed by atoms with van der Waals surface area (Å²) in [6.07, 6.45) is 2.18. The van der Waals surface area contributed by atoms with E-state index in [1.54, 1.807) is 0 Å². The number of piperidine rings is 1. The molecule has 0 amide bonds. The van der Waals surface area contributed by atoms with Crippen LogP contribution < -0.4 is 10.2 Å². The highest BCUT2D eigenvalue weighted by molar-refractivity contribution is 6.30. The fourth-order valence-electron chi connectivity index (χ4n) is 3.55. The Hall–Kier alpha value is -1.69. The molecule has 24 heavy (non-hydrogen) atoms. The molecule has 6 heteroatoms. The molecule has 1 aromatic heterocycles. The van der Waals surface area contributed by atoms with Gasteiger partial charge in [0.1, 0.15) is 5.82 Å². The summed E-state index contributed by atoms with van der Waals surface area (Å²) in [5.74, 6) is 2.10. The number of halogens is 1. The number of nitrogens with one attached hydrogen (secondary N) is 1. The minimum Gasteiger partial charge on any atom is -0.396 e. The van der Waals surface area contributed by atoms with Crippen molar-refractivity contribution in [2.75, 3.05) is 24.6 Å². The molecule has 5 nitrogen and oxygen atoms in total. The van der Waals surface area contributed by atoms with E-state index in [9.17, 15) is 5.11 Å². The lowest BCUT2D eigenvalue weighted by molar-refractivity contribution is 0.208. The van der Waals surface area contributed by atoms with Gasteiger partial charge < -0.3 is 15.3 Å². The third-order valence-electron chi connectivity index (χ3n) is 4.84. The van der Waals surface area contributed by atoms with Crippen molar-refractivity contribution >= 4 is 17.4 Å². The number of hydrogen-bond acceptors (Lipinski definition) is 5. The van der Waals surface area contributed by atoms with E-state index in [2.05, 4.69) is 10.2 Å². The predicted octanol–water partition coefficient (Wildman–Crippen LogP) is 2.61. The Labute approximate surface area is 146 Å². The second-order valence-corrected chi connectivity index (χ2v) is 6.98. The zero-order chi connectivity index (χ0) is 16.5. The summed E-state index contributed by atoms with van der Waals surface area (Å²) in [6, 6.07) is 7.66. The lowest BCUT2D eigenvalue weighted by Crippen LogP contribution is -2.38. The molecule has 2 aromatic rings. The fourth-order valence-corrected chi connectivity index (χ4v) is 3.67. The van der Waals surface area contributed by atoms with Gasteiger partial charge in [-0.25, -0.2) is 9.97 Å². The van der Waals surface area contributed by atoms with E-state index in [-0.39, 0.29) is 6.61 Å². The summed E-state index contributed by atoms with van der Waals surface area (Å²) in [4.78, 5) is 12.0. The van der Waals surface area contributed by atoms with E-state index in [0.717, 1.165) is 61.9 Å². The smallest absolute Gasteiger partial charge is 0.161 e. The predicted molar refractivity (Wildman–Crippen MR) is 95.0 cm³/mol. The first-order valence-electron chi connectivity index (χ1n) is 8.47. The zero-order valence-corrected chi connectivity index (χ0v) is 14.3. The molecule has 1 unspecified atom stereocenters. The third-order valence-corrected chi connectivity index (χ3v) is 5.10. The molecule has 2 aliphatic heterocycles. The van der Waals surface area contributed by atoms with Gasteiger partial charge >= 0.3 is 0 Å². The molecule has 2 N–H and O–H groups in total. The van der Waals surface area contributed by atoms with Crippen LogP contribution >= 0.6 is 11.6 Å². The van der Waals surface area contributed by atoms with Crippen LogP contribution in [0.25, 0.3) is 11.4 Å². The molecular formula is C18H21ClN4O. The van der Waals surface area contributed by atoms with E-state index < -0.39 is 0 Å². The molecule has 126 valence electrons. The van der Waals surface area contributed by atoms with Gasteiger partial charge in [-0.05, 0) is 43.0 Å². The highest BCUT2D eigenvalue weighted by atomic mass is 35.5. The largest absolute Gasteiger partial charge is 0.396 e. The van der Waals surface area contributed by atoms with Gasteiger partial charge in [0.2, 0.25) is 0 Å².